The zero-order valence-electron chi connectivity index (χ0n) is 17.4. The molecule has 1 amide bonds. The minimum atomic E-state index is -3.84. The molecule has 0 heterocycles. The van der Waals surface area contributed by atoms with E-state index in [1.54, 1.807) is 12.1 Å². The number of carbonyl (C=O) groups is 3. The van der Waals surface area contributed by atoms with Gasteiger partial charge in [-0.05, 0) is 30.3 Å². The van der Waals surface area contributed by atoms with Crippen LogP contribution < -0.4 is 14.4 Å². The third-order valence-electron chi connectivity index (χ3n) is 4.15. The molecular formula is C20H22N2O8S. The van der Waals surface area contributed by atoms with Crippen molar-refractivity contribution in [3.63, 3.8) is 0 Å². The van der Waals surface area contributed by atoms with Gasteiger partial charge in [-0.2, -0.15) is 0 Å². The van der Waals surface area contributed by atoms with Crippen LogP contribution in [-0.2, 0) is 24.3 Å². The number of nitrogens with one attached hydrogen (secondary N) is 1. The topological polar surface area (TPSA) is 128 Å². The summed E-state index contributed by atoms with van der Waals surface area (Å²) in [5.41, 5.74) is 0.251. The summed E-state index contributed by atoms with van der Waals surface area (Å²) in [7, 11) is -0.0555. The highest BCUT2D eigenvalue weighted by atomic mass is 32.2. The molecule has 0 saturated carbocycles. The van der Waals surface area contributed by atoms with Crippen molar-refractivity contribution in [2.75, 3.05) is 43.8 Å². The van der Waals surface area contributed by atoms with E-state index in [1.807, 2.05) is 0 Å². The van der Waals surface area contributed by atoms with E-state index in [9.17, 15) is 22.8 Å². The van der Waals surface area contributed by atoms with Crippen LogP contribution in [0.5, 0.6) is 5.75 Å². The maximum absolute atomic E-state index is 12.7. The summed E-state index contributed by atoms with van der Waals surface area (Å²) in [4.78, 5) is 36.5. The predicted octanol–water partition coefficient (Wildman–Crippen LogP) is 1.67. The van der Waals surface area contributed by atoms with Gasteiger partial charge in [0, 0.05) is 6.07 Å². The highest BCUT2D eigenvalue weighted by molar-refractivity contribution is 7.92. The molecule has 2 aromatic carbocycles. The van der Waals surface area contributed by atoms with Gasteiger partial charge < -0.3 is 19.5 Å². The molecular weight excluding hydrogens is 428 g/mol. The lowest BCUT2D eigenvalue weighted by Crippen LogP contribution is -2.37. The van der Waals surface area contributed by atoms with E-state index in [0.717, 1.165) is 17.7 Å². The number of methoxy groups -OCH3 is 3. The highest BCUT2D eigenvalue weighted by Crippen LogP contribution is 2.24. The molecule has 0 aliphatic rings. The van der Waals surface area contributed by atoms with Gasteiger partial charge in [0.15, 0.2) is 0 Å². The summed E-state index contributed by atoms with van der Waals surface area (Å²) >= 11 is 0. The highest BCUT2D eigenvalue weighted by Gasteiger charge is 2.23. The summed E-state index contributed by atoms with van der Waals surface area (Å²) < 4.78 is 39.9. The first-order valence-corrected chi connectivity index (χ1v) is 10.7. The van der Waals surface area contributed by atoms with Crippen LogP contribution in [0.25, 0.3) is 0 Å². The average molecular weight is 450 g/mol. The molecule has 0 atom stereocenters. The summed E-state index contributed by atoms with van der Waals surface area (Å²) in [5, 5.41) is 2.46. The third-order valence-corrected chi connectivity index (χ3v) is 5.29. The number of carbonyl (C=O) groups excluding carboxylic acids is 3. The lowest BCUT2D eigenvalue weighted by atomic mass is 10.1. The molecule has 166 valence electrons. The van der Waals surface area contributed by atoms with E-state index in [-0.39, 0.29) is 22.5 Å². The average Bonchev–Trinajstić information content (AvgIpc) is 2.75. The van der Waals surface area contributed by atoms with Crippen molar-refractivity contribution in [2.24, 2.45) is 0 Å². The predicted molar refractivity (Wildman–Crippen MR) is 113 cm³/mol. The number of esters is 2. The van der Waals surface area contributed by atoms with Gasteiger partial charge in [-0.15, -0.1) is 0 Å². The van der Waals surface area contributed by atoms with Crippen LogP contribution in [0.4, 0.5) is 11.4 Å². The van der Waals surface area contributed by atoms with E-state index in [2.05, 4.69) is 14.8 Å². The zero-order chi connectivity index (χ0) is 23.2. The van der Waals surface area contributed by atoms with Gasteiger partial charge in [-0.25, -0.2) is 18.0 Å². The number of ether oxygens (including phenoxy) is 3. The molecule has 2 aromatic rings. The van der Waals surface area contributed by atoms with Crippen molar-refractivity contribution in [3.8, 4) is 5.75 Å². The van der Waals surface area contributed by atoms with Crippen molar-refractivity contribution in [1.82, 2.24) is 0 Å². The lowest BCUT2D eigenvalue weighted by Gasteiger charge is -2.22. The zero-order valence-corrected chi connectivity index (χ0v) is 18.2. The van der Waals surface area contributed by atoms with Crippen LogP contribution in [0.1, 0.15) is 20.7 Å². The van der Waals surface area contributed by atoms with Crippen molar-refractivity contribution >= 4 is 39.2 Å². The smallest absolute Gasteiger partial charge is 0.339 e. The van der Waals surface area contributed by atoms with Gasteiger partial charge in [0.25, 0.3) is 0 Å². The Morgan fingerprint density at radius 2 is 1.65 bits per heavy atom. The fraction of sp³-hybridized carbons (Fsp3) is 0.250. The minimum absolute atomic E-state index is 0.0178. The molecule has 0 radical (unpaired) electrons. The Labute approximate surface area is 179 Å². The van der Waals surface area contributed by atoms with E-state index >= 15 is 0 Å². The first kappa shape index (κ1) is 23.7. The Hall–Kier alpha value is -3.60. The Balaban J connectivity index is 2.37. The maximum Gasteiger partial charge on any atom is 0.339 e. The van der Waals surface area contributed by atoms with Gasteiger partial charge in [0.2, 0.25) is 15.9 Å². The van der Waals surface area contributed by atoms with Crippen LogP contribution >= 0.6 is 0 Å². The summed E-state index contributed by atoms with van der Waals surface area (Å²) in [6.45, 7) is -0.588. The Morgan fingerprint density at radius 1 is 0.968 bits per heavy atom. The number of hydrogen-bond acceptors (Lipinski definition) is 8. The fourth-order valence-corrected chi connectivity index (χ4v) is 3.51. The molecule has 0 spiro atoms. The summed E-state index contributed by atoms with van der Waals surface area (Å²) in [5.74, 6) is -1.77. The van der Waals surface area contributed by atoms with Crippen LogP contribution in [-0.4, -0.2) is 60.4 Å². The quantitative estimate of drug-likeness (QED) is 0.602. The number of amides is 1. The van der Waals surface area contributed by atoms with Crippen molar-refractivity contribution in [1.29, 1.82) is 0 Å². The Bertz CT molecular complexity index is 1100. The molecule has 1 N–H and O–H groups in total. The molecule has 0 aliphatic carbocycles. The molecule has 0 fully saturated rings. The molecule has 10 nitrogen and oxygen atoms in total. The van der Waals surface area contributed by atoms with Gasteiger partial charge in [-0.3, -0.25) is 9.10 Å². The van der Waals surface area contributed by atoms with E-state index < -0.39 is 34.4 Å². The van der Waals surface area contributed by atoms with E-state index in [1.165, 1.54) is 44.6 Å². The largest absolute Gasteiger partial charge is 0.497 e. The standard InChI is InChI=1S/C20H22N2O8S/c1-28-15-7-5-6-14(11-15)22(31(4,26)27)12-18(23)21-17-10-13(19(24)29-2)8-9-16(17)20(25)30-3/h5-11H,12H2,1-4H3,(H,21,23). The number of rotatable bonds is 8. The number of sulfonamides is 1. The third kappa shape index (κ3) is 5.95. The normalized spacial score (nSPS) is 10.7. The van der Waals surface area contributed by atoms with Gasteiger partial charge in [-0.1, -0.05) is 6.07 Å². The first-order chi connectivity index (χ1) is 14.6. The van der Waals surface area contributed by atoms with E-state index in [0.29, 0.717) is 5.75 Å². The number of hydrogen-bond donors (Lipinski definition) is 1. The molecule has 2 rings (SSSR count). The summed E-state index contributed by atoms with van der Waals surface area (Å²) in [6.07, 6.45) is 0.956. The number of nitrogens with zero attached hydrogens (tertiary/aromatic N) is 1. The fourth-order valence-electron chi connectivity index (χ4n) is 2.67. The molecule has 31 heavy (non-hydrogen) atoms. The second-order valence-electron chi connectivity index (χ2n) is 6.26. The molecule has 0 aliphatic heterocycles. The molecule has 0 bridgehead atoms. The number of benzene rings is 2. The molecule has 11 heteroatoms. The van der Waals surface area contributed by atoms with Crippen molar-refractivity contribution in [3.05, 3.63) is 53.6 Å². The number of anilines is 2. The second-order valence-corrected chi connectivity index (χ2v) is 8.17. The van der Waals surface area contributed by atoms with Crippen LogP contribution in [0, 0.1) is 0 Å². The van der Waals surface area contributed by atoms with Crippen molar-refractivity contribution in [2.45, 2.75) is 0 Å². The maximum atomic E-state index is 12.7. The Kier molecular flexibility index (Phi) is 7.59. The van der Waals surface area contributed by atoms with E-state index in [4.69, 9.17) is 4.74 Å². The molecule has 0 aromatic heterocycles. The Morgan fingerprint density at radius 3 is 2.23 bits per heavy atom. The van der Waals surface area contributed by atoms with Gasteiger partial charge >= 0.3 is 11.9 Å². The van der Waals surface area contributed by atoms with Gasteiger partial charge in [0.05, 0.1) is 50.1 Å². The van der Waals surface area contributed by atoms with Crippen molar-refractivity contribution < 1.29 is 37.0 Å². The monoisotopic (exact) mass is 450 g/mol. The lowest BCUT2D eigenvalue weighted by molar-refractivity contribution is -0.114. The molecule has 0 saturated heterocycles. The summed E-state index contributed by atoms with van der Waals surface area (Å²) in [6, 6.07) is 10.1. The molecule has 0 unspecified atom stereocenters. The SMILES string of the molecule is COC(=O)c1ccc(C(=O)OC)c(NC(=O)CN(c2cccc(OC)c2)S(C)(=O)=O)c1. The van der Waals surface area contributed by atoms with Crippen LogP contribution in [0.15, 0.2) is 42.5 Å². The first-order valence-electron chi connectivity index (χ1n) is 8.83. The minimum Gasteiger partial charge on any atom is -0.497 e. The van der Waals surface area contributed by atoms with Gasteiger partial charge in [0.1, 0.15) is 12.3 Å². The van der Waals surface area contributed by atoms with Crippen LogP contribution in [0.2, 0.25) is 0 Å². The van der Waals surface area contributed by atoms with Crippen LogP contribution in [0.3, 0.4) is 0 Å². The second kappa shape index (κ2) is 9.94.